The van der Waals surface area contributed by atoms with E-state index in [1.807, 2.05) is 18.2 Å². The van der Waals surface area contributed by atoms with E-state index in [2.05, 4.69) is 46.1 Å². The van der Waals surface area contributed by atoms with Crippen molar-refractivity contribution in [2.75, 3.05) is 29.1 Å². The Morgan fingerprint density at radius 1 is 0.926 bits per heavy atom. The Balaban J connectivity index is 1.32. The molecule has 27 heavy (non-hydrogen) atoms. The van der Waals surface area contributed by atoms with Crippen LogP contribution in [-0.4, -0.2) is 38.2 Å². The third-order valence-electron chi connectivity index (χ3n) is 6.15. The third kappa shape index (κ3) is 2.91. The second kappa shape index (κ2) is 6.53. The van der Waals surface area contributed by atoms with Crippen molar-refractivity contribution in [1.82, 2.24) is 4.90 Å². The smallest absolute Gasteiger partial charge is 0.178 e. The molecule has 5 rings (SSSR count). The number of likely N-dealkylation sites (tertiary alicyclic amines) is 1. The summed E-state index contributed by atoms with van der Waals surface area (Å²) < 4.78 is 24.8. The number of sulfone groups is 1. The van der Waals surface area contributed by atoms with Crippen molar-refractivity contribution in [1.29, 1.82) is 0 Å². The van der Waals surface area contributed by atoms with Crippen molar-refractivity contribution in [2.45, 2.75) is 36.2 Å². The molecule has 5 nitrogen and oxygen atoms in total. The fourth-order valence-corrected chi connectivity index (χ4v) is 6.36. The molecule has 0 aliphatic carbocycles. The van der Waals surface area contributed by atoms with E-state index in [1.165, 1.54) is 11.4 Å². The quantitative estimate of drug-likeness (QED) is 0.863. The number of anilines is 2. The number of para-hydroxylation sites is 2. The molecular weight excluding hydrogens is 358 g/mol. The lowest BCUT2D eigenvalue weighted by Crippen LogP contribution is -2.45. The fraction of sp³-hybridized carbons (Fsp3) is 0.381. The highest BCUT2D eigenvalue weighted by atomic mass is 32.2. The van der Waals surface area contributed by atoms with Crippen LogP contribution in [0.4, 0.5) is 11.4 Å². The van der Waals surface area contributed by atoms with Crippen molar-refractivity contribution < 1.29 is 8.42 Å². The molecule has 0 bridgehead atoms. The number of fused-ring (bicyclic) bond motifs is 2. The molecular formula is C21H24N3O2S. The number of rotatable bonds is 2. The molecule has 1 unspecified atom stereocenters. The first-order valence-electron chi connectivity index (χ1n) is 9.66. The van der Waals surface area contributed by atoms with Gasteiger partial charge in [-0.25, -0.2) is 8.42 Å². The van der Waals surface area contributed by atoms with Crippen LogP contribution < -0.4 is 10.2 Å². The summed E-state index contributed by atoms with van der Waals surface area (Å²) >= 11 is 0. The van der Waals surface area contributed by atoms with Gasteiger partial charge in [0.1, 0.15) is 6.67 Å². The highest BCUT2D eigenvalue weighted by molar-refractivity contribution is 7.91. The minimum absolute atomic E-state index is 0.221. The highest BCUT2D eigenvalue weighted by Gasteiger charge is 2.36. The van der Waals surface area contributed by atoms with Gasteiger partial charge in [0, 0.05) is 25.2 Å². The summed E-state index contributed by atoms with van der Waals surface area (Å²) in [5.41, 5.74) is 3.42. The average molecular weight is 383 g/mol. The zero-order valence-electron chi connectivity index (χ0n) is 15.2. The van der Waals surface area contributed by atoms with Gasteiger partial charge in [-0.1, -0.05) is 30.3 Å². The maximum atomic E-state index is 12.4. The van der Waals surface area contributed by atoms with Crippen LogP contribution in [0.1, 0.15) is 30.9 Å². The molecule has 3 heterocycles. The van der Waals surface area contributed by atoms with Crippen LogP contribution in [-0.2, 0) is 9.84 Å². The van der Waals surface area contributed by atoms with Gasteiger partial charge in [-0.15, -0.1) is 0 Å². The van der Waals surface area contributed by atoms with Gasteiger partial charge in [-0.2, -0.15) is 0 Å². The van der Waals surface area contributed by atoms with Crippen LogP contribution in [0, 0.1) is 6.67 Å². The van der Waals surface area contributed by atoms with Crippen LogP contribution >= 0.6 is 0 Å². The molecule has 6 heteroatoms. The van der Waals surface area contributed by atoms with Crippen molar-refractivity contribution in [3.8, 4) is 0 Å². The van der Waals surface area contributed by atoms with E-state index in [0.717, 1.165) is 31.5 Å². The van der Waals surface area contributed by atoms with Gasteiger partial charge in [0.25, 0.3) is 0 Å². The van der Waals surface area contributed by atoms with Gasteiger partial charge in [0.15, 0.2) is 9.84 Å². The molecule has 0 amide bonds. The second-order valence-electron chi connectivity index (χ2n) is 7.63. The molecule has 141 valence electrons. The van der Waals surface area contributed by atoms with E-state index in [4.69, 9.17) is 0 Å². The van der Waals surface area contributed by atoms with Crippen LogP contribution in [0.3, 0.4) is 0 Å². The van der Waals surface area contributed by atoms with Crippen molar-refractivity contribution in [2.24, 2.45) is 0 Å². The second-order valence-corrected chi connectivity index (χ2v) is 9.70. The molecule has 0 saturated carbocycles. The van der Waals surface area contributed by atoms with E-state index in [-0.39, 0.29) is 11.8 Å². The molecule has 2 aromatic carbocycles. The maximum absolute atomic E-state index is 12.4. The molecule has 1 radical (unpaired) electrons. The molecule has 0 spiro atoms. The Kier molecular flexibility index (Phi) is 4.13. The Morgan fingerprint density at radius 2 is 1.67 bits per heavy atom. The first-order chi connectivity index (χ1) is 13.1. The number of nitrogens with one attached hydrogen (secondary N) is 1. The summed E-state index contributed by atoms with van der Waals surface area (Å²) in [6, 6.07) is 16.7. The van der Waals surface area contributed by atoms with Crippen LogP contribution in [0.5, 0.6) is 0 Å². The van der Waals surface area contributed by atoms with Crippen LogP contribution in [0.25, 0.3) is 0 Å². The first-order valence-corrected chi connectivity index (χ1v) is 11.3. The van der Waals surface area contributed by atoms with Crippen LogP contribution in [0.2, 0.25) is 0 Å². The zero-order valence-corrected chi connectivity index (χ0v) is 16.0. The molecule has 3 aliphatic rings. The number of hydrogen-bond donors (Lipinski definition) is 1. The Labute approximate surface area is 160 Å². The minimum atomic E-state index is -3.12. The van der Waals surface area contributed by atoms with E-state index >= 15 is 0 Å². The molecule has 2 aromatic rings. The standard InChI is InChI=1S/C21H24N3O2S/c25-27(26)14-11-19(17-5-1-4-8-21(17)27)23-12-9-16(10-13-23)24-15-22-18-6-2-3-7-20(18)24/h1-8,15-16,19,22H,9-14H2. The number of benzene rings is 2. The summed E-state index contributed by atoms with van der Waals surface area (Å²) in [5, 5.41) is 3.36. The first kappa shape index (κ1) is 17.1. The Bertz CT molecular complexity index is 951. The fourth-order valence-electron chi connectivity index (χ4n) is 4.76. The van der Waals surface area contributed by atoms with Gasteiger partial charge in [0.2, 0.25) is 0 Å². The lowest BCUT2D eigenvalue weighted by Gasteiger charge is -2.42. The van der Waals surface area contributed by atoms with Gasteiger partial charge < -0.3 is 10.2 Å². The van der Waals surface area contributed by atoms with Gasteiger partial charge in [0.05, 0.1) is 22.0 Å². The zero-order chi connectivity index (χ0) is 18.4. The maximum Gasteiger partial charge on any atom is 0.178 e. The largest absolute Gasteiger partial charge is 0.360 e. The summed E-state index contributed by atoms with van der Waals surface area (Å²) in [4.78, 5) is 5.39. The third-order valence-corrected chi connectivity index (χ3v) is 7.96. The molecule has 3 aliphatic heterocycles. The molecule has 1 N–H and O–H groups in total. The predicted octanol–water partition coefficient (Wildman–Crippen LogP) is 3.42. The normalized spacial score (nSPS) is 24.9. The highest BCUT2D eigenvalue weighted by Crippen LogP contribution is 2.40. The lowest BCUT2D eigenvalue weighted by atomic mass is 9.96. The van der Waals surface area contributed by atoms with E-state index in [1.54, 1.807) is 6.07 Å². The summed E-state index contributed by atoms with van der Waals surface area (Å²) in [6.07, 6.45) is 2.86. The number of nitrogens with zero attached hydrogens (tertiary/aromatic N) is 2. The number of piperidine rings is 1. The van der Waals surface area contributed by atoms with Crippen molar-refractivity contribution >= 4 is 21.2 Å². The van der Waals surface area contributed by atoms with Gasteiger partial charge >= 0.3 is 0 Å². The number of hydrogen-bond acceptors (Lipinski definition) is 5. The lowest BCUT2D eigenvalue weighted by molar-refractivity contribution is 0.145. The predicted molar refractivity (Wildman–Crippen MR) is 107 cm³/mol. The Hall–Kier alpha value is -2.05. The van der Waals surface area contributed by atoms with Crippen LogP contribution in [0.15, 0.2) is 53.4 Å². The Morgan fingerprint density at radius 3 is 2.52 bits per heavy atom. The van der Waals surface area contributed by atoms with E-state index < -0.39 is 9.84 Å². The van der Waals surface area contributed by atoms with Gasteiger partial charge in [-0.3, -0.25) is 4.90 Å². The summed E-state index contributed by atoms with van der Waals surface area (Å²) in [5.74, 6) is 0.256. The summed E-state index contributed by atoms with van der Waals surface area (Å²) in [6.45, 7) is 4.08. The topological polar surface area (TPSA) is 52.7 Å². The average Bonchev–Trinajstić information content (AvgIpc) is 3.13. The monoisotopic (exact) mass is 382 g/mol. The van der Waals surface area contributed by atoms with E-state index in [0.29, 0.717) is 17.4 Å². The SMILES string of the molecule is O=S1(=O)CCC(N2CCC(N3[CH]Nc4ccccc43)CC2)c2ccccc21. The van der Waals surface area contributed by atoms with E-state index in [9.17, 15) is 8.42 Å². The molecule has 0 aromatic heterocycles. The minimum Gasteiger partial charge on any atom is -0.360 e. The van der Waals surface area contributed by atoms with Gasteiger partial charge in [-0.05, 0) is 43.0 Å². The molecule has 1 fully saturated rings. The van der Waals surface area contributed by atoms with Crippen molar-refractivity contribution in [3.63, 3.8) is 0 Å². The van der Waals surface area contributed by atoms with Crippen molar-refractivity contribution in [3.05, 3.63) is 60.8 Å². The summed E-state index contributed by atoms with van der Waals surface area (Å²) in [7, 11) is -3.12. The molecule has 1 saturated heterocycles. The molecule has 1 atom stereocenters.